The number of nitrogens with zero attached hydrogens (tertiary/aromatic N) is 3. The molecule has 0 atom stereocenters. The summed E-state index contributed by atoms with van der Waals surface area (Å²) in [5, 5.41) is 10.0. The second-order valence-corrected chi connectivity index (χ2v) is 4.57. The summed E-state index contributed by atoms with van der Waals surface area (Å²) >= 11 is 0. The highest BCUT2D eigenvalue weighted by atomic mass is 15.3. The third kappa shape index (κ3) is 2.48. The van der Waals surface area contributed by atoms with Gasteiger partial charge in [0.1, 0.15) is 0 Å². The Labute approximate surface area is 112 Å². The van der Waals surface area contributed by atoms with Crippen LogP contribution >= 0.6 is 0 Å². The lowest BCUT2D eigenvalue weighted by Gasteiger charge is -2.08. The number of hydrogen-bond donors (Lipinski definition) is 1. The minimum atomic E-state index is 0.805. The molecule has 3 rings (SSSR count). The molecule has 0 amide bonds. The second-order valence-electron chi connectivity index (χ2n) is 4.57. The molecule has 0 aliphatic heterocycles. The fraction of sp³-hybridized carbons (Fsp3) is 0.200. The zero-order chi connectivity index (χ0) is 13.1. The summed E-state index contributed by atoms with van der Waals surface area (Å²) in [6.45, 7) is 1.61. The molecule has 1 N–H and O–H groups in total. The van der Waals surface area contributed by atoms with Crippen LogP contribution in [0.25, 0.3) is 10.8 Å². The van der Waals surface area contributed by atoms with Gasteiger partial charge in [0.25, 0.3) is 0 Å². The molecular weight excluding hydrogens is 236 g/mol. The molecule has 2 heterocycles. The maximum absolute atomic E-state index is 4.29. The van der Waals surface area contributed by atoms with Gasteiger partial charge in [0, 0.05) is 44.1 Å². The van der Waals surface area contributed by atoms with Gasteiger partial charge in [-0.3, -0.25) is 9.67 Å². The van der Waals surface area contributed by atoms with E-state index in [4.69, 9.17) is 0 Å². The standard InChI is InChI=1S/C15H16N4/c1-19-14(6-7-18-19)11-17-10-13-9-16-8-12-4-2-3-5-15(12)13/h2-9,17H,10-11H2,1H3. The summed E-state index contributed by atoms with van der Waals surface area (Å²) in [6, 6.07) is 10.4. The van der Waals surface area contributed by atoms with Crippen molar-refractivity contribution in [3.05, 3.63) is 60.2 Å². The van der Waals surface area contributed by atoms with Crippen LogP contribution in [0.1, 0.15) is 11.3 Å². The molecule has 3 aromatic rings. The molecule has 0 saturated carbocycles. The summed E-state index contributed by atoms with van der Waals surface area (Å²) in [7, 11) is 1.95. The van der Waals surface area contributed by atoms with E-state index in [1.807, 2.05) is 42.5 Å². The summed E-state index contributed by atoms with van der Waals surface area (Å²) in [5.41, 5.74) is 2.40. The van der Waals surface area contributed by atoms with Crippen LogP contribution in [0.4, 0.5) is 0 Å². The van der Waals surface area contributed by atoms with E-state index in [9.17, 15) is 0 Å². The Morgan fingerprint density at radius 1 is 1.11 bits per heavy atom. The van der Waals surface area contributed by atoms with Gasteiger partial charge >= 0.3 is 0 Å². The van der Waals surface area contributed by atoms with Gasteiger partial charge in [-0.25, -0.2) is 0 Å². The largest absolute Gasteiger partial charge is 0.307 e. The van der Waals surface area contributed by atoms with Crippen molar-refractivity contribution in [2.24, 2.45) is 7.05 Å². The Bertz CT molecular complexity index is 682. The van der Waals surface area contributed by atoms with Gasteiger partial charge in [0.15, 0.2) is 0 Å². The molecule has 0 unspecified atom stereocenters. The molecule has 4 nitrogen and oxygen atoms in total. The molecule has 0 saturated heterocycles. The van der Waals surface area contributed by atoms with Crippen molar-refractivity contribution >= 4 is 10.8 Å². The number of fused-ring (bicyclic) bond motifs is 1. The van der Waals surface area contributed by atoms with Crippen molar-refractivity contribution in [2.75, 3.05) is 0 Å². The van der Waals surface area contributed by atoms with Gasteiger partial charge in [-0.2, -0.15) is 5.10 Å². The lowest BCUT2D eigenvalue weighted by atomic mass is 10.1. The van der Waals surface area contributed by atoms with Crippen LogP contribution in [0.5, 0.6) is 0 Å². The Morgan fingerprint density at radius 3 is 2.84 bits per heavy atom. The van der Waals surface area contributed by atoms with Crippen LogP contribution in [-0.2, 0) is 20.1 Å². The normalized spacial score (nSPS) is 11.0. The minimum absolute atomic E-state index is 0.805. The summed E-state index contributed by atoms with van der Waals surface area (Å²) < 4.78 is 1.88. The van der Waals surface area contributed by atoms with Crippen LogP contribution in [0.2, 0.25) is 0 Å². The molecule has 4 heteroatoms. The lowest BCUT2D eigenvalue weighted by molar-refractivity contribution is 0.627. The quantitative estimate of drug-likeness (QED) is 0.774. The molecule has 0 spiro atoms. The summed E-state index contributed by atoms with van der Waals surface area (Å²) in [5.74, 6) is 0. The van der Waals surface area contributed by atoms with E-state index in [1.165, 1.54) is 22.0 Å². The van der Waals surface area contributed by atoms with E-state index in [1.54, 1.807) is 0 Å². The molecule has 0 aliphatic rings. The first-order valence-electron chi connectivity index (χ1n) is 6.34. The molecule has 96 valence electrons. The maximum atomic E-state index is 4.29. The Kier molecular flexibility index (Phi) is 3.25. The summed E-state index contributed by atoms with van der Waals surface area (Å²) in [6.07, 6.45) is 5.65. The van der Waals surface area contributed by atoms with Gasteiger partial charge in [-0.1, -0.05) is 24.3 Å². The van der Waals surface area contributed by atoms with Gasteiger partial charge in [-0.15, -0.1) is 0 Å². The Hall–Kier alpha value is -2.20. The number of rotatable bonds is 4. The van der Waals surface area contributed by atoms with Crippen molar-refractivity contribution in [1.82, 2.24) is 20.1 Å². The first-order chi connectivity index (χ1) is 9.34. The molecule has 0 bridgehead atoms. The topological polar surface area (TPSA) is 42.7 Å². The molecule has 0 aliphatic carbocycles. The highest BCUT2D eigenvalue weighted by molar-refractivity contribution is 5.84. The van der Waals surface area contributed by atoms with Crippen molar-refractivity contribution < 1.29 is 0 Å². The number of pyridine rings is 1. The monoisotopic (exact) mass is 252 g/mol. The van der Waals surface area contributed by atoms with Gasteiger partial charge < -0.3 is 5.32 Å². The zero-order valence-corrected chi connectivity index (χ0v) is 10.9. The fourth-order valence-corrected chi connectivity index (χ4v) is 2.22. The second kappa shape index (κ2) is 5.20. The van der Waals surface area contributed by atoms with E-state index >= 15 is 0 Å². The van der Waals surface area contributed by atoms with Crippen LogP contribution in [-0.4, -0.2) is 14.8 Å². The molecule has 0 fully saturated rings. The first-order valence-corrected chi connectivity index (χ1v) is 6.34. The van der Waals surface area contributed by atoms with Crippen LogP contribution in [0, 0.1) is 0 Å². The highest BCUT2D eigenvalue weighted by Gasteiger charge is 2.02. The number of benzene rings is 1. The molecule has 2 aromatic heterocycles. The number of aryl methyl sites for hydroxylation is 1. The van der Waals surface area contributed by atoms with Crippen molar-refractivity contribution in [3.8, 4) is 0 Å². The van der Waals surface area contributed by atoms with E-state index < -0.39 is 0 Å². The predicted octanol–water partition coefficient (Wildman–Crippen LogP) is 2.26. The van der Waals surface area contributed by atoms with E-state index in [2.05, 4.69) is 33.6 Å². The Morgan fingerprint density at radius 2 is 2.00 bits per heavy atom. The molecule has 0 radical (unpaired) electrons. The smallest absolute Gasteiger partial charge is 0.0518 e. The van der Waals surface area contributed by atoms with Crippen molar-refractivity contribution in [2.45, 2.75) is 13.1 Å². The van der Waals surface area contributed by atoms with E-state index in [0.717, 1.165) is 13.1 Å². The first kappa shape index (κ1) is 11.9. The number of hydrogen-bond acceptors (Lipinski definition) is 3. The van der Waals surface area contributed by atoms with E-state index in [0.29, 0.717) is 0 Å². The highest BCUT2D eigenvalue weighted by Crippen LogP contribution is 2.16. The molecular formula is C15H16N4. The van der Waals surface area contributed by atoms with Crippen LogP contribution in [0.3, 0.4) is 0 Å². The maximum Gasteiger partial charge on any atom is 0.0518 e. The average molecular weight is 252 g/mol. The third-order valence-corrected chi connectivity index (χ3v) is 3.29. The zero-order valence-electron chi connectivity index (χ0n) is 10.9. The van der Waals surface area contributed by atoms with Crippen molar-refractivity contribution in [1.29, 1.82) is 0 Å². The van der Waals surface area contributed by atoms with Gasteiger partial charge in [0.05, 0.1) is 5.69 Å². The van der Waals surface area contributed by atoms with Gasteiger partial charge in [-0.05, 0) is 17.0 Å². The van der Waals surface area contributed by atoms with Crippen molar-refractivity contribution in [3.63, 3.8) is 0 Å². The fourth-order valence-electron chi connectivity index (χ4n) is 2.22. The van der Waals surface area contributed by atoms with Crippen LogP contribution in [0.15, 0.2) is 48.9 Å². The lowest BCUT2D eigenvalue weighted by Crippen LogP contribution is -2.15. The van der Waals surface area contributed by atoms with Gasteiger partial charge in [0.2, 0.25) is 0 Å². The molecule has 1 aromatic carbocycles. The number of aromatic nitrogens is 3. The third-order valence-electron chi connectivity index (χ3n) is 3.29. The predicted molar refractivity (Wildman–Crippen MR) is 75.5 cm³/mol. The number of nitrogens with one attached hydrogen (secondary N) is 1. The Balaban J connectivity index is 1.74. The SMILES string of the molecule is Cn1nccc1CNCc1cncc2ccccc12. The van der Waals surface area contributed by atoms with Crippen LogP contribution < -0.4 is 5.32 Å². The minimum Gasteiger partial charge on any atom is -0.307 e. The average Bonchev–Trinajstić information content (AvgIpc) is 2.85. The van der Waals surface area contributed by atoms with E-state index in [-0.39, 0.29) is 0 Å². The summed E-state index contributed by atoms with van der Waals surface area (Å²) in [4.78, 5) is 4.29. The molecule has 19 heavy (non-hydrogen) atoms.